The Morgan fingerprint density at radius 3 is 2.48 bits per heavy atom. The number of hydrogen-bond donors (Lipinski definition) is 3. The van der Waals surface area contributed by atoms with Gasteiger partial charge in [0.05, 0.1) is 25.0 Å². The van der Waals surface area contributed by atoms with E-state index in [4.69, 9.17) is 37.4 Å². The normalized spacial score (nSPS) is 14.7. The van der Waals surface area contributed by atoms with E-state index in [1.165, 1.54) is 0 Å². The summed E-state index contributed by atoms with van der Waals surface area (Å²) in [7, 11) is 0. The number of carbonyl (C=O) groups is 2. The summed E-state index contributed by atoms with van der Waals surface area (Å²) in [4.78, 5) is 25.5. The number of nitrogens with zero attached hydrogens (tertiary/aromatic N) is 1. The van der Waals surface area contributed by atoms with E-state index in [0.717, 1.165) is 5.56 Å². The second-order valence-corrected chi connectivity index (χ2v) is 8.18. The van der Waals surface area contributed by atoms with Crippen molar-refractivity contribution in [2.75, 3.05) is 64.3 Å². The Bertz CT molecular complexity index is 700. The lowest BCUT2D eigenvalue weighted by Crippen LogP contribution is -2.47. The fourth-order valence-electron chi connectivity index (χ4n) is 3.00. The molecule has 1 aliphatic rings. The van der Waals surface area contributed by atoms with E-state index in [-0.39, 0.29) is 36.8 Å². The van der Waals surface area contributed by atoms with Crippen LogP contribution in [0, 0.1) is 0 Å². The maximum Gasteiger partial charge on any atom is 0.317 e. The maximum atomic E-state index is 11.9. The molecule has 186 valence electrons. The van der Waals surface area contributed by atoms with Gasteiger partial charge < -0.3 is 34.9 Å². The molecule has 2 rings (SSSR count). The van der Waals surface area contributed by atoms with Gasteiger partial charge in [0, 0.05) is 39.1 Å². The van der Waals surface area contributed by atoms with Gasteiger partial charge in [-0.3, -0.25) is 4.79 Å². The summed E-state index contributed by atoms with van der Waals surface area (Å²) in [6.45, 7) is 3.84. The number of ether oxygens (including phenoxy) is 3. The largest absolute Gasteiger partial charge is 0.491 e. The van der Waals surface area contributed by atoms with E-state index in [2.05, 4.69) is 10.6 Å². The summed E-state index contributed by atoms with van der Waals surface area (Å²) >= 11 is 11.3. The van der Waals surface area contributed by atoms with Crippen LogP contribution in [0.15, 0.2) is 24.3 Å². The van der Waals surface area contributed by atoms with Gasteiger partial charge in [-0.15, -0.1) is 23.2 Å². The molecule has 1 aromatic carbocycles. The average molecular weight is 506 g/mol. The molecule has 1 aliphatic heterocycles. The number of halogens is 2. The highest BCUT2D eigenvalue weighted by molar-refractivity contribution is 6.21. The lowest BCUT2D eigenvalue weighted by atomic mass is 10.1. The number of nitrogens with one attached hydrogen (secondary N) is 2. The highest BCUT2D eigenvalue weighted by atomic mass is 35.5. The van der Waals surface area contributed by atoms with Crippen LogP contribution in [0.4, 0.5) is 4.79 Å². The second-order valence-electron chi connectivity index (χ2n) is 7.56. The number of urea groups is 1. The molecule has 1 atom stereocenters. The van der Waals surface area contributed by atoms with Gasteiger partial charge in [-0.25, -0.2) is 4.79 Å². The summed E-state index contributed by atoms with van der Waals surface area (Å²) in [5.74, 6) is 0.642. The van der Waals surface area contributed by atoms with Gasteiger partial charge in [-0.05, 0) is 24.1 Å². The van der Waals surface area contributed by atoms with Crippen molar-refractivity contribution in [2.45, 2.75) is 25.0 Å². The molecule has 9 nitrogen and oxygen atoms in total. The van der Waals surface area contributed by atoms with Gasteiger partial charge in [-0.2, -0.15) is 0 Å². The van der Waals surface area contributed by atoms with Crippen molar-refractivity contribution in [3.8, 4) is 5.75 Å². The van der Waals surface area contributed by atoms with Crippen molar-refractivity contribution in [2.24, 2.45) is 0 Å². The number of aryl methyl sites for hydroxylation is 1. The summed E-state index contributed by atoms with van der Waals surface area (Å²) in [5, 5.41) is 16.0. The van der Waals surface area contributed by atoms with Crippen LogP contribution in [0.1, 0.15) is 12.0 Å². The summed E-state index contributed by atoms with van der Waals surface area (Å²) < 4.78 is 16.0. The molecular weight excluding hydrogens is 473 g/mol. The van der Waals surface area contributed by atoms with Crippen molar-refractivity contribution in [1.82, 2.24) is 15.5 Å². The number of rotatable bonds is 14. The average Bonchev–Trinajstić information content (AvgIpc) is 2.85. The topological polar surface area (TPSA) is 109 Å². The van der Waals surface area contributed by atoms with Gasteiger partial charge in [-0.1, -0.05) is 12.1 Å². The number of aliphatic hydroxyl groups excluding tert-OH is 1. The first-order valence-electron chi connectivity index (χ1n) is 11.0. The SMILES string of the molecule is O=C(CCc1ccc(OC[C@@H](O)CNCCNC(=O)N2CCOCC2)cc1)OC(CCl)CCl. The zero-order chi connectivity index (χ0) is 23.9. The van der Waals surface area contributed by atoms with Crippen LogP contribution >= 0.6 is 23.2 Å². The molecule has 1 aromatic rings. The van der Waals surface area contributed by atoms with Gasteiger partial charge in [0.2, 0.25) is 0 Å². The number of alkyl halides is 2. The first-order valence-corrected chi connectivity index (χ1v) is 12.1. The molecule has 33 heavy (non-hydrogen) atoms. The predicted octanol–water partition coefficient (Wildman–Crippen LogP) is 1.38. The molecule has 1 fully saturated rings. The number of hydrogen-bond acceptors (Lipinski definition) is 7. The standard InChI is InChI=1S/C22H33Cl2N3O6/c23-13-20(14-24)33-21(29)6-3-17-1-4-19(5-2-17)32-16-18(28)15-25-7-8-26-22(30)27-9-11-31-12-10-27/h1-2,4-5,18,20,25,28H,3,6-16H2,(H,26,30)/t18-/m0/s1. The fourth-order valence-corrected chi connectivity index (χ4v) is 3.46. The van der Waals surface area contributed by atoms with E-state index < -0.39 is 12.2 Å². The van der Waals surface area contributed by atoms with Crippen molar-refractivity contribution in [3.05, 3.63) is 29.8 Å². The van der Waals surface area contributed by atoms with Gasteiger partial charge in [0.15, 0.2) is 0 Å². The Balaban J connectivity index is 1.55. The van der Waals surface area contributed by atoms with Crippen molar-refractivity contribution in [1.29, 1.82) is 0 Å². The Hall–Kier alpha value is -1.78. The van der Waals surface area contributed by atoms with Crippen LogP contribution in [0.25, 0.3) is 0 Å². The molecule has 11 heteroatoms. The van der Waals surface area contributed by atoms with Gasteiger partial charge in [0.1, 0.15) is 24.6 Å². The minimum absolute atomic E-state index is 0.0981. The Morgan fingerprint density at radius 2 is 1.82 bits per heavy atom. The highest BCUT2D eigenvalue weighted by Crippen LogP contribution is 2.14. The zero-order valence-corrected chi connectivity index (χ0v) is 20.2. The van der Waals surface area contributed by atoms with Crippen molar-refractivity contribution >= 4 is 35.2 Å². The lowest BCUT2D eigenvalue weighted by molar-refractivity contribution is -0.147. The van der Waals surface area contributed by atoms with E-state index in [1.54, 1.807) is 17.0 Å². The zero-order valence-electron chi connectivity index (χ0n) is 18.6. The monoisotopic (exact) mass is 505 g/mol. The number of carbonyl (C=O) groups excluding carboxylic acids is 2. The number of esters is 1. The molecule has 1 heterocycles. The minimum Gasteiger partial charge on any atom is -0.491 e. The predicted molar refractivity (Wildman–Crippen MR) is 126 cm³/mol. The van der Waals surface area contributed by atoms with Crippen LogP contribution in [0.3, 0.4) is 0 Å². The lowest BCUT2D eigenvalue weighted by Gasteiger charge is -2.27. The minimum atomic E-state index is -0.689. The van der Waals surface area contributed by atoms with Crippen LogP contribution in [0.5, 0.6) is 5.75 Å². The van der Waals surface area contributed by atoms with Crippen LogP contribution in [-0.4, -0.2) is 98.5 Å². The number of benzene rings is 1. The molecule has 0 aromatic heterocycles. The summed E-state index contributed by atoms with van der Waals surface area (Å²) in [5.41, 5.74) is 0.967. The molecule has 0 spiro atoms. The third-order valence-corrected chi connectivity index (χ3v) is 5.57. The van der Waals surface area contributed by atoms with Crippen molar-refractivity contribution in [3.63, 3.8) is 0 Å². The third-order valence-electron chi connectivity index (χ3n) is 4.88. The van der Waals surface area contributed by atoms with Crippen LogP contribution in [0.2, 0.25) is 0 Å². The molecule has 0 radical (unpaired) electrons. The molecule has 1 saturated heterocycles. The summed E-state index contributed by atoms with van der Waals surface area (Å²) in [6.07, 6.45) is -0.384. The van der Waals surface area contributed by atoms with Crippen molar-refractivity contribution < 1.29 is 28.9 Å². The fraction of sp³-hybridized carbons (Fsp3) is 0.636. The van der Waals surface area contributed by atoms with Crippen LogP contribution in [-0.2, 0) is 20.7 Å². The molecule has 0 aliphatic carbocycles. The Kier molecular flexibility index (Phi) is 13.3. The van der Waals surface area contributed by atoms with E-state index in [9.17, 15) is 14.7 Å². The number of morpholine rings is 1. The Labute approximate surface area is 204 Å². The number of aliphatic hydroxyl groups is 1. The summed E-state index contributed by atoms with van der Waals surface area (Å²) in [6, 6.07) is 7.22. The second kappa shape index (κ2) is 16.0. The smallest absolute Gasteiger partial charge is 0.317 e. The molecule has 0 bridgehead atoms. The molecule has 3 N–H and O–H groups in total. The first kappa shape index (κ1) is 27.5. The van der Waals surface area contributed by atoms with Gasteiger partial charge >= 0.3 is 12.0 Å². The van der Waals surface area contributed by atoms with Crippen LogP contribution < -0.4 is 15.4 Å². The Morgan fingerprint density at radius 1 is 1.12 bits per heavy atom. The van der Waals surface area contributed by atoms with E-state index in [0.29, 0.717) is 58.1 Å². The van der Waals surface area contributed by atoms with Gasteiger partial charge in [0.25, 0.3) is 0 Å². The number of amides is 2. The first-order chi connectivity index (χ1) is 16.0. The van der Waals surface area contributed by atoms with E-state index >= 15 is 0 Å². The maximum absolute atomic E-state index is 11.9. The molecule has 0 saturated carbocycles. The highest BCUT2D eigenvalue weighted by Gasteiger charge is 2.16. The quantitative estimate of drug-likeness (QED) is 0.199. The molecular formula is C22H33Cl2N3O6. The third kappa shape index (κ3) is 11.3. The molecule has 2 amide bonds. The van der Waals surface area contributed by atoms with E-state index in [1.807, 2.05) is 12.1 Å². The molecule has 0 unspecified atom stereocenters.